The second-order valence-electron chi connectivity index (χ2n) is 4.63. The fraction of sp³-hybridized carbons (Fsp3) is 0.250. The minimum atomic E-state index is -0.169. The van der Waals surface area contributed by atoms with Crippen molar-refractivity contribution in [3.8, 4) is 0 Å². The Balaban J connectivity index is 2.11. The zero-order chi connectivity index (χ0) is 14.5. The third-order valence-corrected chi connectivity index (χ3v) is 4.67. The summed E-state index contributed by atoms with van der Waals surface area (Å²) in [5, 5.41) is 3.19. The summed E-state index contributed by atoms with van der Waals surface area (Å²) in [5.41, 5.74) is 1.94. The van der Waals surface area contributed by atoms with Gasteiger partial charge in [-0.15, -0.1) is 11.8 Å². The van der Waals surface area contributed by atoms with Gasteiger partial charge in [0.25, 0.3) is 0 Å². The van der Waals surface area contributed by atoms with Crippen LogP contribution in [0.3, 0.4) is 0 Å². The monoisotopic (exact) mass is 353 g/mol. The highest BCUT2D eigenvalue weighted by Crippen LogP contribution is 2.28. The van der Waals surface area contributed by atoms with Gasteiger partial charge >= 0.3 is 0 Å². The summed E-state index contributed by atoms with van der Waals surface area (Å²) in [6.07, 6.45) is 0. The molecule has 20 heavy (non-hydrogen) atoms. The average molecular weight is 354 g/mol. The lowest BCUT2D eigenvalue weighted by Gasteiger charge is -2.17. The van der Waals surface area contributed by atoms with Crippen LogP contribution in [-0.2, 0) is 0 Å². The van der Waals surface area contributed by atoms with E-state index in [0.717, 1.165) is 10.2 Å². The molecule has 0 amide bonds. The fourth-order valence-corrected chi connectivity index (χ4v) is 3.52. The smallest absolute Gasteiger partial charge is 0.128 e. The van der Waals surface area contributed by atoms with Gasteiger partial charge in [-0.2, -0.15) is 0 Å². The SMILES string of the molecule is CNC(CSc1cccc(C)c1)c1cc(Br)ccc1F. The fourth-order valence-electron chi connectivity index (χ4n) is 1.99. The molecule has 0 aromatic heterocycles. The number of benzene rings is 2. The van der Waals surface area contributed by atoms with E-state index in [1.165, 1.54) is 16.5 Å². The molecule has 0 spiro atoms. The molecule has 0 heterocycles. The first kappa shape index (κ1) is 15.5. The van der Waals surface area contributed by atoms with Crippen molar-refractivity contribution in [1.82, 2.24) is 5.32 Å². The van der Waals surface area contributed by atoms with Gasteiger partial charge in [-0.25, -0.2) is 4.39 Å². The lowest BCUT2D eigenvalue weighted by molar-refractivity contribution is 0.565. The van der Waals surface area contributed by atoms with Crippen LogP contribution in [0.5, 0.6) is 0 Å². The van der Waals surface area contributed by atoms with E-state index in [4.69, 9.17) is 0 Å². The Morgan fingerprint density at radius 1 is 1.25 bits per heavy atom. The highest BCUT2D eigenvalue weighted by molar-refractivity contribution is 9.10. The average Bonchev–Trinajstić information content (AvgIpc) is 2.43. The second-order valence-corrected chi connectivity index (χ2v) is 6.64. The number of nitrogens with one attached hydrogen (secondary N) is 1. The molecule has 0 saturated heterocycles. The molecule has 1 atom stereocenters. The van der Waals surface area contributed by atoms with E-state index >= 15 is 0 Å². The molecule has 0 bridgehead atoms. The molecular formula is C16H17BrFNS. The summed E-state index contributed by atoms with van der Waals surface area (Å²) in [6.45, 7) is 2.08. The number of rotatable bonds is 5. The van der Waals surface area contributed by atoms with E-state index in [9.17, 15) is 4.39 Å². The van der Waals surface area contributed by atoms with Crippen molar-refractivity contribution >= 4 is 27.7 Å². The molecule has 1 nitrogen and oxygen atoms in total. The van der Waals surface area contributed by atoms with Crippen molar-refractivity contribution in [3.05, 3.63) is 63.9 Å². The maximum absolute atomic E-state index is 13.9. The summed E-state index contributed by atoms with van der Waals surface area (Å²) in [7, 11) is 1.86. The van der Waals surface area contributed by atoms with Gasteiger partial charge in [-0.1, -0.05) is 33.6 Å². The number of hydrogen-bond acceptors (Lipinski definition) is 2. The molecule has 106 valence electrons. The third kappa shape index (κ3) is 4.08. The molecule has 0 aliphatic heterocycles. The van der Waals surface area contributed by atoms with Gasteiger partial charge in [-0.05, 0) is 44.3 Å². The highest BCUT2D eigenvalue weighted by atomic mass is 79.9. The topological polar surface area (TPSA) is 12.0 Å². The molecular weight excluding hydrogens is 337 g/mol. The lowest BCUT2D eigenvalue weighted by atomic mass is 10.1. The van der Waals surface area contributed by atoms with Crippen LogP contribution in [0, 0.1) is 12.7 Å². The molecule has 2 rings (SSSR count). The summed E-state index contributed by atoms with van der Waals surface area (Å²) in [5.74, 6) is 0.616. The Kier molecular flexibility index (Phi) is 5.64. The van der Waals surface area contributed by atoms with Crippen LogP contribution in [0.4, 0.5) is 4.39 Å². The minimum absolute atomic E-state index is 0.0157. The Labute approximate surface area is 132 Å². The van der Waals surface area contributed by atoms with E-state index in [-0.39, 0.29) is 11.9 Å². The molecule has 2 aromatic carbocycles. The van der Waals surface area contributed by atoms with Crippen LogP contribution in [0.15, 0.2) is 51.8 Å². The molecule has 0 fully saturated rings. The Morgan fingerprint density at radius 2 is 2.05 bits per heavy atom. The van der Waals surface area contributed by atoms with Crippen molar-refractivity contribution in [2.75, 3.05) is 12.8 Å². The van der Waals surface area contributed by atoms with Crippen molar-refractivity contribution < 1.29 is 4.39 Å². The molecule has 2 aromatic rings. The van der Waals surface area contributed by atoms with E-state index in [0.29, 0.717) is 5.56 Å². The largest absolute Gasteiger partial charge is 0.312 e. The van der Waals surface area contributed by atoms with Gasteiger partial charge < -0.3 is 5.32 Å². The number of aryl methyl sites for hydroxylation is 1. The summed E-state index contributed by atoms with van der Waals surface area (Å²) in [4.78, 5) is 1.21. The van der Waals surface area contributed by atoms with Gasteiger partial charge in [0.05, 0.1) is 0 Å². The van der Waals surface area contributed by atoms with E-state index < -0.39 is 0 Å². The van der Waals surface area contributed by atoms with E-state index in [2.05, 4.69) is 46.4 Å². The van der Waals surface area contributed by atoms with Gasteiger partial charge in [-0.3, -0.25) is 0 Å². The first-order valence-corrected chi connectivity index (χ1v) is 8.19. The molecule has 1 unspecified atom stereocenters. The number of thioether (sulfide) groups is 1. The molecule has 0 radical (unpaired) electrons. The van der Waals surface area contributed by atoms with Crippen LogP contribution in [-0.4, -0.2) is 12.8 Å². The first-order valence-electron chi connectivity index (χ1n) is 6.42. The maximum atomic E-state index is 13.9. The predicted octanol–water partition coefficient (Wildman–Crippen LogP) is 4.95. The summed E-state index contributed by atoms with van der Waals surface area (Å²) < 4.78 is 14.8. The van der Waals surface area contributed by atoms with Crippen molar-refractivity contribution in [2.24, 2.45) is 0 Å². The number of hydrogen-bond donors (Lipinski definition) is 1. The van der Waals surface area contributed by atoms with Gasteiger partial charge in [0.15, 0.2) is 0 Å². The molecule has 0 aliphatic rings. The van der Waals surface area contributed by atoms with Crippen LogP contribution in [0.1, 0.15) is 17.2 Å². The highest BCUT2D eigenvalue weighted by Gasteiger charge is 2.14. The predicted molar refractivity (Wildman–Crippen MR) is 87.8 cm³/mol. The molecule has 0 aliphatic carbocycles. The summed E-state index contributed by atoms with van der Waals surface area (Å²) in [6, 6.07) is 13.4. The van der Waals surface area contributed by atoms with Crippen LogP contribution >= 0.6 is 27.7 Å². The molecule has 1 N–H and O–H groups in total. The zero-order valence-corrected chi connectivity index (χ0v) is 13.9. The van der Waals surface area contributed by atoms with Gasteiger partial charge in [0, 0.05) is 26.7 Å². The van der Waals surface area contributed by atoms with E-state index in [1.54, 1.807) is 17.8 Å². The standard InChI is InChI=1S/C16H17BrFNS/c1-11-4-3-5-13(8-11)20-10-16(19-2)14-9-12(17)6-7-15(14)18/h3-9,16,19H,10H2,1-2H3. The Bertz CT molecular complexity index is 588. The normalized spacial score (nSPS) is 12.4. The maximum Gasteiger partial charge on any atom is 0.128 e. The first-order chi connectivity index (χ1) is 9.60. The van der Waals surface area contributed by atoms with Gasteiger partial charge in [0.1, 0.15) is 5.82 Å². The van der Waals surface area contributed by atoms with Crippen LogP contribution < -0.4 is 5.32 Å². The van der Waals surface area contributed by atoms with Crippen molar-refractivity contribution in [2.45, 2.75) is 17.9 Å². The Morgan fingerprint density at radius 3 is 2.75 bits per heavy atom. The second kappa shape index (κ2) is 7.25. The van der Waals surface area contributed by atoms with E-state index in [1.807, 2.05) is 19.2 Å². The zero-order valence-electron chi connectivity index (χ0n) is 11.5. The third-order valence-electron chi connectivity index (χ3n) is 3.09. The quantitative estimate of drug-likeness (QED) is 0.763. The van der Waals surface area contributed by atoms with Gasteiger partial charge in [0.2, 0.25) is 0 Å². The Hall–Kier alpha value is -0.840. The number of halogens is 2. The molecule has 4 heteroatoms. The minimum Gasteiger partial charge on any atom is -0.312 e. The van der Waals surface area contributed by atoms with Crippen LogP contribution in [0.25, 0.3) is 0 Å². The summed E-state index contributed by atoms with van der Waals surface area (Å²) >= 11 is 5.13. The lowest BCUT2D eigenvalue weighted by Crippen LogP contribution is -2.20. The van der Waals surface area contributed by atoms with Crippen molar-refractivity contribution in [3.63, 3.8) is 0 Å². The van der Waals surface area contributed by atoms with Crippen LogP contribution in [0.2, 0.25) is 0 Å². The van der Waals surface area contributed by atoms with Crippen molar-refractivity contribution in [1.29, 1.82) is 0 Å². The molecule has 0 saturated carbocycles.